The molecule has 0 unspecified atom stereocenters. The quantitative estimate of drug-likeness (QED) is 0.687. The molecule has 7 nitrogen and oxygen atoms in total. The predicted octanol–water partition coefficient (Wildman–Crippen LogP) is 3.44. The molecule has 0 saturated carbocycles. The van der Waals surface area contributed by atoms with Crippen molar-refractivity contribution in [1.29, 1.82) is 0 Å². The standard InChI is InChI=1S/C21H21N3O4/c1-13-9-10-19(27-3)15(11-13)18-12-17(23-24(18)2)20(25)22-16-8-6-5-7-14(16)21(26)28-4/h5-12H,1-4H3,(H,22,25). The number of hydrogen-bond donors (Lipinski definition) is 1. The summed E-state index contributed by atoms with van der Waals surface area (Å²) in [7, 11) is 4.65. The Balaban J connectivity index is 1.93. The minimum atomic E-state index is -0.526. The van der Waals surface area contributed by atoms with Crippen LogP contribution in [-0.2, 0) is 11.8 Å². The number of para-hydroxylation sites is 1. The van der Waals surface area contributed by atoms with Crippen LogP contribution in [0.3, 0.4) is 0 Å². The number of rotatable bonds is 5. The number of aryl methyl sites for hydroxylation is 2. The van der Waals surface area contributed by atoms with Gasteiger partial charge in [0.25, 0.3) is 5.91 Å². The molecule has 0 saturated heterocycles. The molecule has 3 aromatic rings. The number of amides is 1. The zero-order chi connectivity index (χ0) is 20.3. The van der Waals surface area contributed by atoms with Gasteiger partial charge in [-0.05, 0) is 37.3 Å². The van der Waals surface area contributed by atoms with Crippen molar-refractivity contribution >= 4 is 17.6 Å². The van der Waals surface area contributed by atoms with Gasteiger partial charge in [0, 0.05) is 12.6 Å². The van der Waals surface area contributed by atoms with Gasteiger partial charge in [-0.2, -0.15) is 5.10 Å². The van der Waals surface area contributed by atoms with E-state index in [4.69, 9.17) is 9.47 Å². The van der Waals surface area contributed by atoms with Gasteiger partial charge in [0.15, 0.2) is 5.69 Å². The Bertz CT molecular complexity index is 1040. The van der Waals surface area contributed by atoms with Crippen LogP contribution in [0.15, 0.2) is 48.5 Å². The van der Waals surface area contributed by atoms with Gasteiger partial charge in [0.1, 0.15) is 5.75 Å². The van der Waals surface area contributed by atoms with Crippen molar-refractivity contribution < 1.29 is 19.1 Å². The van der Waals surface area contributed by atoms with Crippen LogP contribution in [-0.4, -0.2) is 35.9 Å². The highest BCUT2D eigenvalue weighted by Gasteiger charge is 2.19. The monoisotopic (exact) mass is 379 g/mol. The first kappa shape index (κ1) is 19.2. The molecule has 7 heteroatoms. The molecular formula is C21H21N3O4. The van der Waals surface area contributed by atoms with Crippen LogP contribution >= 0.6 is 0 Å². The highest BCUT2D eigenvalue weighted by Crippen LogP contribution is 2.31. The van der Waals surface area contributed by atoms with Gasteiger partial charge in [0.05, 0.1) is 31.2 Å². The topological polar surface area (TPSA) is 82.5 Å². The van der Waals surface area contributed by atoms with Crippen molar-refractivity contribution in [3.8, 4) is 17.0 Å². The van der Waals surface area contributed by atoms with E-state index in [1.807, 2.05) is 25.1 Å². The van der Waals surface area contributed by atoms with Crippen molar-refractivity contribution in [2.24, 2.45) is 7.05 Å². The number of aromatic nitrogens is 2. The summed E-state index contributed by atoms with van der Waals surface area (Å²) in [6.45, 7) is 1.98. The molecule has 2 aromatic carbocycles. The Labute approximate surface area is 162 Å². The summed E-state index contributed by atoms with van der Waals surface area (Å²) >= 11 is 0. The van der Waals surface area contributed by atoms with Gasteiger partial charge in [0.2, 0.25) is 0 Å². The van der Waals surface area contributed by atoms with Crippen LogP contribution in [0.1, 0.15) is 26.4 Å². The largest absolute Gasteiger partial charge is 0.496 e. The molecule has 0 aliphatic rings. The van der Waals surface area contributed by atoms with E-state index in [-0.39, 0.29) is 11.3 Å². The molecule has 0 aliphatic heterocycles. The number of methoxy groups -OCH3 is 2. The van der Waals surface area contributed by atoms with Crippen molar-refractivity contribution in [2.75, 3.05) is 19.5 Å². The number of anilines is 1. The Morgan fingerprint density at radius 2 is 1.82 bits per heavy atom. The van der Waals surface area contributed by atoms with E-state index in [2.05, 4.69) is 10.4 Å². The fourth-order valence-electron chi connectivity index (χ4n) is 2.92. The highest BCUT2D eigenvalue weighted by molar-refractivity contribution is 6.07. The maximum absolute atomic E-state index is 12.7. The second-order valence-electron chi connectivity index (χ2n) is 6.23. The summed E-state index contributed by atoms with van der Waals surface area (Å²) in [5.41, 5.74) is 3.50. The first-order valence-corrected chi connectivity index (χ1v) is 8.62. The van der Waals surface area contributed by atoms with Crippen molar-refractivity contribution in [2.45, 2.75) is 6.92 Å². The highest BCUT2D eigenvalue weighted by atomic mass is 16.5. The van der Waals surface area contributed by atoms with Crippen molar-refractivity contribution in [3.05, 3.63) is 65.4 Å². The van der Waals surface area contributed by atoms with Gasteiger partial charge in [-0.15, -0.1) is 0 Å². The van der Waals surface area contributed by atoms with Crippen LogP contribution in [0, 0.1) is 6.92 Å². The van der Waals surface area contributed by atoms with Gasteiger partial charge in [-0.1, -0.05) is 23.8 Å². The number of benzene rings is 2. The molecule has 0 aliphatic carbocycles. The first-order valence-electron chi connectivity index (χ1n) is 8.62. The molecular weight excluding hydrogens is 358 g/mol. The van der Waals surface area contributed by atoms with E-state index in [1.54, 1.807) is 49.2 Å². The number of nitrogens with one attached hydrogen (secondary N) is 1. The second-order valence-corrected chi connectivity index (χ2v) is 6.23. The van der Waals surface area contributed by atoms with Crippen LogP contribution in [0.4, 0.5) is 5.69 Å². The van der Waals surface area contributed by atoms with Gasteiger partial charge in [-0.25, -0.2) is 4.79 Å². The summed E-state index contributed by atoms with van der Waals surface area (Å²) < 4.78 is 11.8. The molecule has 1 heterocycles. The zero-order valence-electron chi connectivity index (χ0n) is 16.1. The minimum Gasteiger partial charge on any atom is -0.496 e. The summed E-state index contributed by atoms with van der Waals surface area (Å²) in [4.78, 5) is 24.6. The van der Waals surface area contributed by atoms with E-state index < -0.39 is 11.9 Å². The lowest BCUT2D eigenvalue weighted by Gasteiger charge is -2.09. The maximum Gasteiger partial charge on any atom is 0.339 e. The Hall–Kier alpha value is -3.61. The van der Waals surface area contributed by atoms with Crippen LogP contribution in [0.2, 0.25) is 0 Å². The molecule has 0 fully saturated rings. The Morgan fingerprint density at radius 1 is 1.07 bits per heavy atom. The lowest BCUT2D eigenvalue weighted by molar-refractivity contribution is 0.0602. The van der Waals surface area contributed by atoms with Crippen LogP contribution < -0.4 is 10.1 Å². The third-order valence-electron chi connectivity index (χ3n) is 4.32. The molecule has 0 spiro atoms. The third kappa shape index (κ3) is 3.73. The molecule has 144 valence electrons. The molecule has 0 radical (unpaired) electrons. The zero-order valence-corrected chi connectivity index (χ0v) is 16.1. The second kappa shape index (κ2) is 7.96. The normalized spacial score (nSPS) is 10.4. The Morgan fingerprint density at radius 3 is 2.54 bits per heavy atom. The van der Waals surface area contributed by atoms with E-state index >= 15 is 0 Å². The number of carbonyl (C=O) groups excluding carboxylic acids is 2. The summed E-state index contributed by atoms with van der Waals surface area (Å²) in [6, 6.07) is 14.1. The van der Waals surface area contributed by atoms with E-state index in [9.17, 15) is 9.59 Å². The average Bonchev–Trinajstić information content (AvgIpc) is 3.09. The van der Waals surface area contributed by atoms with E-state index in [1.165, 1.54) is 7.11 Å². The molecule has 28 heavy (non-hydrogen) atoms. The minimum absolute atomic E-state index is 0.223. The Kier molecular flexibility index (Phi) is 5.44. The fourth-order valence-corrected chi connectivity index (χ4v) is 2.92. The number of ether oxygens (including phenoxy) is 2. The number of esters is 1. The fraction of sp³-hybridized carbons (Fsp3) is 0.190. The van der Waals surface area contributed by atoms with E-state index in [0.29, 0.717) is 11.4 Å². The number of nitrogens with zero attached hydrogens (tertiary/aromatic N) is 2. The predicted molar refractivity (Wildman–Crippen MR) is 106 cm³/mol. The molecule has 1 aromatic heterocycles. The van der Waals surface area contributed by atoms with E-state index in [0.717, 1.165) is 16.8 Å². The third-order valence-corrected chi connectivity index (χ3v) is 4.32. The van der Waals surface area contributed by atoms with Crippen LogP contribution in [0.5, 0.6) is 5.75 Å². The summed E-state index contributed by atoms with van der Waals surface area (Å²) in [5.74, 6) is -0.261. The summed E-state index contributed by atoms with van der Waals surface area (Å²) in [5, 5.41) is 7.04. The van der Waals surface area contributed by atoms with Crippen molar-refractivity contribution in [1.82, 2.24) is 9.78 Å². The number of carbonyl (C=O) groups is 2. The smallest absolute Gasteiger partial charge is 0.339 e. The first-order chi connectivity index (χ1) is 13.4. The molecule has 0 atom stereocenters. The average molecular weight is 379 g/mol. The molecule has 1 amide bonds. The van der Waals surface area contributed by atoms with Gasteiger partial charge >= 0.3 is 5.97 Å². The van der Waals surface area contributed by atoms with Crippen LogP contribution in [0.25, 0.3) is 11.3 Å². The molecule has 0 bridgehead atoms. The maximum atomic E-state index is 12.7. The van der Waals surface area contributed by atoms with Gasteiger partial charge < -0.3 is 14.8 Å². The molecule has 3 rings (SSSR count). The van der Waals surface area contributed by atoms with Crippen molar-refractivity contribution in [3.63, 3.8) is 0 Å². The number of hydrogen-bond acceptors (Lipinski definition) is 5. The SMILES string of the molecule is COC(=O)c1ccccc1NC(=O)c1cc(-c2cc(C)ccc2OC)n(C)n1. The summed E-state index contributed by atoms with van der Waals surface area (Å²) in [6.07, 6.45) is 0. The molecule has 1 N–H and O–H groups in total. The lowest BCUT2D eigenvalue weighted by Crippen LogP contribution is -2.16. The lowest BCUT2D eigenvalue weighted by atomic mass is 10.1. The van der Waals surface area contributed by atoms with Gasteiger partial charge in [-0.3, -0.25) is 9.48 Å².